The van der Waals surface area contributed by atoms with Gasteiger partial charge in [-0.25, -0.2) is 4.68 Å². The highest BCUT2D eigenvalue weighted by molar-refractivity contribution is 7.99. The normalized spacial score (nSPS) is 16.9. The molecule has 0 unspecified atom stereocenters. The molecule has 0 spiro atoms. The van der Waals surface area contributed by atoms with E-state index in [2.05, 4.69) is 20.8 Å². The smallest absolute Gasteiger partial charge is 0.231 e. The standard InChI is InChI=1S/C21H23N5O4S/c27-19(14-31-20-23-24-25-26(20)13-16-4-3-9-28-16)22-21(7-1-2-8-21)15-5-6-17-18(12-15)30-11-10-29-17/h3-6,9,12H,1-2,7-8,10-11,13-14H2,(H,22,27). The highest BCUT2D eigenvalue weighted by Crippen LogP contribution is 2.42. The third kappa shape index (κ3) is 4.25. The van der Waals surface area contributed by atoms with E-state index in [9.17, 15) is 4.79 Å². The summed E-state index contributed by atoms with van der Waals surface area (Å²) in [6, 6.07) is 9.67. The van der Waals surface area contributed by atoms with Gasteiger partial charge in [-0.1, -0.05) is 30.7 Å². The maximum atomic E-state index is 12.9. The van der Waals surface area contributed by atoms with Gasteiger partial charge in [0.2, 0.25) is 11.1 Å². The Bertz CT molecular complexity index is 1050. The predicted octanol–water partition coefficient (Wildman–Crippen LogP) is 2.76. The molecule has 0 bridgehead atoms. The van der Waals surface area contributed by atoms with Gasteiger partial charge >= 0.3 is 0 Å². The second kappa shape index (κ2) is 8.62. The molecular formula is C21H23N5O4S. The van der Waals surface area contributed by atoms with Crippen LogP contribution in [0.25, 0.3) is 0 Å². The average molecular weight is 442 g/mol. The minimum absolute atomic E-state index is 0.0469. The molecule has 1 fully saturated rings. The van der Waals surface area contributed by atoms with Gasteiger partial charge in [0.15, 0.2) is 11.5 Å². The SMILES string of the molecule is O=C(CSc1nnnn1Cc1ccco1)NC1(c2ccc3c(c2)OCCO3)CCCC1. The van der Waals surface area contributed by atoms with Gasteiger partial charge in [-0.3, -0.25) is 4.79 Å². The molecule has 1 aliphatic heterocycles. The fraction of sp³-hybridized carbons (Fsp3) is 0.429. The monoisotopic (exact) mass is 441 g/mol. The number of furan rings is 1. The molecule has 1 amide bonds. The number of carbonyl (C=O) groups excluding carboxylic acids is 1. The summed E-state index contributed by atoms with van der Waals surface area (Å²) in [5, 5.41) is 15.6. The summed E-state index contributed by atoms with van der Waals surface area (Å²) >= 11 is 1.31. The molecule has 9 nitrogen and oxygen atoms in total. The zero-order chi connectivity index (χ0) is 21.1. The van der Waals surface area contributed by atoms with Crippen molar-refractivity contribution < 1.29 is 18.7 Å². The number of hydrogen-bond acceptors (Lipinski definition) is 8. The quantitative estimate of drug-likeness (QED) is 0.558. The van der Waals surface area contributed by atoms with Gasteiger partial charge in [0.1, 0.15) is 25.5 Å². The Morgan fingerprint density at radius 2 is 2.00 bits per heavy atom. The van der Waals surface area contributed by atoms with Gasteiger partial charge in [0.05, 0.1) is 17.6 Å². The molecule has 1 saturated carbocycles. The first-order valence-electron chi connectivity index (χ1n) is 10.3. The Morgan fingerprint density at radius 3 is 2.81 bits per heavy atom. The lowest BCUT2D eigenvalue weighted by Gasteiger charge is -2.32. The molecule has 3 aromatic rings. The fourth-order valence-electron chi connectivity index (χ4n) is 4.19. The number of rotatable bonds is 7. The predicted molar refractivity (Wildman–Crippen MR) is 112 cm³/mol. The topological polar surface area (TPSA) is 104 Å². The van der Waals surface area contributed by atoms with E-state index in [0.29, 0.717) is 24.9 Å². The Labute approximate surface area is 183 Å². The van der Waals surface area contributed by atoms with Crippen LogP contribution in [0.5, 0.6) is 11.5 Å². The third-order valence-corrected chi connectivity index (χ3v) is 6.60. The summed E-state index contributed by atoms with van der Waals surface area (Å²) in [6.45, 7) is 1.52. The molecule has 5 rings (SSSR count). The molecule has 0 saturated heterocycles. The minimum atomic E-state index is -0.381. The number of nitrogens with zero attached hydrogens (tertiary/aromatic N) is 4. The third-order valence-electron chi connectivity index (χ3n) is 5.65. The number of hydrogen-bond donors (Lipinski definition) is 1. The number of ether oxygens (including phenoxy) is 2. The summed E-state index contributed by atoms with van der Waals surface area (Å²) in [7, 11) is 0. The number of carbonyl (C=O) groups is 1. The van der Waals surface area contributed by atoms with Crippen LogP contribution < -0.4 is 14.8 Å². The van der Waals surface area contributed by atoms with Crippen LogP contribution >= 0.6 is 11.8 Å². The van der Waals surface area contributed by atoms with Gasteiger partial charge in [-0.05, 0) is 53.1 Å². The van der Waals surface area contributed by atoms with Crippen molar-refractivity contribution in [1.29, 1.82) is 0 Å². The first-order valence-corrected chi connectivity index (χ1v) is 11.3. The summed E-state index contributed by atoms with van der Waals surface area (Å²) in [5.74, 6) is 2.44. The lowest BCUT2D eigenvalue weighted by molar-refractivity contribution is -0.120. The number of benzene rings is 1. The molecule has 3 heterocycles. The van der Waals surface area contributed by atoms with E-state index < -0.39 is 0 Å². The van der Waals surface area contributed by atoms with Crippen LogP contribution in [-0.4, -0.2) is 45.1 Å². The maximum absolute atomic E-state index is 12.9. The maximum Gasteiger partial charge on any atom is 0.231 e. The Balaban J connectivity index is 1.26. The van der Waals surface area contributed by atoms with Crippen LogP contribution in [0.3, 0.4) is 0 Å². The molecule has 0 radical (unpaired) electrons. The largest absolute Gasteiger partial charge is 0.486 e. The first kappa shape index (κ1) is 19.9. The van der Waals surface area contributed by atoms with Crippen molar-refractivity contribution in [1.82, 2.24) is 25.5 Å². The van der Waals surface area contributed by atoms with E-state index in [1.165, 1.54) is 11.8 Å². The fourth-order valence-corrected chi connectivity index (χ4v) is 4.86. The van der Waals surface area contributed by atoms with Crippen LogP contribution in [-0.2, 0) is 16.9 Å². The van der Waals surface area contributed by atoms with Crippen molar-refractivity contribution >= 4 is 17.7 Å². The lowest BCUT2D eigenvalue weighted by atomic mass is 9.87. The van der Waals surface area contributed by atoms with E-state index in [1.807, 2.05) is 30.3 Å². The van der Waals surface area contributed by atoms with Crippen LogP contribution in [0.15, 0.2) is 46.2 Å². The van der Waals surface area contributed by atoms with Gasteiger partial charge < -0.3 is 19.2 Å². The van der Waals surface area contributed by atoms with Gasteiger partial charge in [0.25, 0.3) is 0 Å². The molecule has 162 valence electrons. The van der Waals surface area contributed by atoms with E-state index in [-0.39, 0.29) is 17.2 Å². The summed E-state index contributed by atoms with van der Waals surface area (Å²) < 4.78 is 18.4. The molecule has 1 aromatic carbocycles. The van der Waals surface area contributed by atoms with Crippen molar-refractivity contribution in [3.8, 4) is 11.5 Å². The number of thioether (sulfide) groups is 1. The van der Waals surface area contributed by atoms with Crippen LogP contribution in [0, 0.1) is 0 Å². The second-order valence-corrected chi connectivity index (χ2v) is 8.63. The lowest BCUT2D eigenvalue weighted by Crippen LogP contribution is -2.44. The molecule has 1 N–H and O–H groups in total. The Hall–Kier alpha value is -3.01. The number of aromatic nitrogens is 4. The molecular weight excluding hydrogens is 418 g/mol. The molecule has 2 aromatic heterocycles. The highest BCUT2D eigenvalue weighted by atomic mass is 32.2. The summed E-state index contributed by atoms with van der Waals surface area (Å²) in [6.07, 6.45) is 5.56. The van der Waals surface area contributed by atoms with Crippen molar-refractivity contribution in [2.24, 2.45) is 0 Å². The molecule has 0 atom stereocenters. The summed E-state index contributed by atoms with van der Waals surface area (Å²) in [5.41, 5.74) is 0.684. The van der Waals surface area contributed by atoms with Gasteiger partial charge in [0, 0.05) is 0 Å². The van der Waals surface area contributed by atoms with E-state index in [4.69, 9.17) is 13.9 Å². The first-order chi connectivity index (χ1) is 15.2. The number of fused-ring (bicyclic) bond motifs is 1. The molecule has 31 heavy (non-hydrogen) atoms. The van der Waals surface area contributed by atoms with Crippen molar-refractivity contribution in [2.75, 3.05) is 19.0 Å². The zero-order valence-electron chi connectivity index (χ0n) is 17.0. The number of amides is 1. The van der Waals surface area contributed by atoms with Crippen molar-refractivity contribution in [3.63, 3.8) is 0 Å². The van der Waals surface area contributed by atoms with Crippen molar-refractivity contribution in [2.45, 2.75) is 42.9 Å². The summed E-state index contributed by atoms with van der Waals surface area (Å²) in [4.78, 5) is 12.9. The Morgan fingerprint density at radius 1 is 1.16 bits per heavy atom. The van der Waals surface area contributed by atoms with Gasteiger partial charge in [-0.15, -0.1) is 5.10 Å². The van der Waals surface area contributed by atoms with Crippen LogP contribution in [0.2, 0.25) is 0 Å². The molecule has 10 heteroatoms. The second-order valence-electron chi connectivity index (χ2n) is 7.68. The molecule has 2 aliphatic rings. The van der Waals surface area contributed by atoms with Crippen LogP contribution in [0.4, 0.5) is 0 Å². The van der Waals surface area contributed by atoms with Crippen LogP contribution in [0.1, 0.15) is 37.0 Å². The molecule has 1 aliphatic carbocycles. The van der Waals surface area contributed by atoms with E-state index >= 15 is 0 Å². The zero-order valence-corrected chi connectivity index (χ0v) is 17.8. The van der Waals surface area contributed by atoms with Gasteiger partial charge in [-0.2, -0.15) is 0 Å². The number of tetrazole rings is 1. The minimum Gasteiger partial charge on any atom is -0.486 e. The number of nitrogens with one attached hydrogen (secondary N) is 1. The van der Waals surface area contributed by atoms with E-state index in [1.54, 1.807) is 10.9 Å². The average Bonchev–Trinajstić information content (AvgIpc) is 3.56. The van der Waals surface area contributed by atoms with Crippen molar-refractivity contribution in [3.05, 3.63) is 47.9 Å². The van der Waals surface area contributed by atoms with E-state index in [0.717, 1.165) is 48.5 Å². The highest BCUT2D eigenvalue weighted by Gasteiger charge is 2.38. The Kier molecular flexibility index (Phi) is 5.54.